The average molecular weight is 236 g/mol. The van der Waals surface area contributed by atoms with Crippen LogP contribution >= 0.6 is 0 Å². The maximum absolute atomic E-state index is 13.2. The van der Waals surface area contributed by atoms with E-state index in [1.807, 2.05) is 6.07 Å². The van der Waals surface area contributed by atoms with Crippen LogP contribution in [0.2, 0.25) is 0 Å². The topological polar surface area (TPSA) is 29.3 Å². The zero-order chi connectivity index (χ0) is 12.5. The second-order valence-corrected chi connectivity index (χ2v) is 5.36. The summed E-state index contributed by atoms with van der Waals surface area (Å²) in [7, 11) is 4.22. The number of nitrogens with zero attached hydrogens (tertiary/aromatic N) is 1. The van der Waals surface area contributed by atoms with Gasteiger partial charge in [0.25, 0.3) is 0 Å². The summed E-state index contributed by atoms with van der Waals surface area (Å²) in [5.41, 5.74) is 7.03. The van der Waals surface area contributed by atoms with Crippen molar-refractivity contribution >= 4 is 0 Å². The minimum atomic E-state index is -0.339. The molecule has 0 heterocycles. The molecule has 3 heteroatoms. The summed E-state index contributed by atoms with van der Waals surface area (Å²) in [6.07, 6.45) is 4.03. The maximum Gasteiger partial charge on any atom is 0.123 e. The number of nitrogens with two attached hydrogens (primary N) is 1. The largest absolute Gasteiger partial charge is 0.321 e. The van der Waals surface area contributed by atoms with E-state index in [1.165, 1.54) is 6.07 Å². The van der Waals surface area contributed by atoms with Crippen molar-refractivity contribution in [2.24, 2.45) is 5.73 Å². The quantitative estimate of drug-likeness (QED) is 0.854. The molecule has 1 aromatic carbocycles. The third-order valence-corrected chi connectivity index (χ3v) is 3.98. The van der Waals surface area contributed by atoms with Gasteiger partial charge in [-0.3, -0.25) is 0 Å². The van der Waals surface area contributed by atoms with Crippen LogP contribution in [0.3, 0.4) is 0 Å². The van der Waals surface area contributed by atoms with Gasteiger partial charge in [-0.2, -0.15) is 0 Å². The fourth-order valence-corrected chi connectivity index (χ4v) is 2.72. The van der Waals surface area contributed by atoms with Crippen LogP contribution in [0.4, 0.5) is 4.39 Å². The Kier molecular flexibility index (Phi) is 3.50. The van der Waals surface area contributed by atoms with Gasteiger partial charge in [-0.05, 0) is 57.5 Å². The van der Waals surface area contributed by atoms with Crippen molar-refractivity contribution in [2.45, 2.75) is 37.3 Å². The third-order valence-electron chi connectivity index (χ3n) is 3.98. The van der Waals surface area contributed by atoms with Crippen molar-refractivity contribution < 1.29 is 4.39 Å². The molecule has 94 valence electrons. The first-order valence-corrected chi connectivity index (χ1v) is 6.23. The van der Waals surface area contributed by atoms with Crippen molar-refractivity contribution in [1.29, 1.82) is 0 Å². The second kappa shape index (κ2) is 4.75. The summed E-state index contributed by atoms with van der Waals surface area (Å²) in [5.74, 6) is -0.193. The molecule has 1 aliphatic rings. The summed E-state index contributed by atoms with van der Waals surface area (Å²) in [6.45, 7) is 0. The second-order valence-electron chi connectivity index (χ2n) is 5.36. The van der Waals surface area contributed by atoms with Gasteiger partial charge in [0.2, 0.25) is 0 Å². The summed E-state index contributed by atoms with van der Waals surface area (Å²) in [6, 6.07) is 7.35. The van der Waals surface area contributed by atoms with Gasteiger partial charge in [-0.1, -0.05) is 12.1 Å². The van der Waals surface area contributed by atoms with E-state index in [2.05, 4.69) is 19.0 Å². The highest BCUT2D eigenvalue weighted by atomic mass is 19.1. The average Bonchev–Trinajstić information content (AvgIpc) is 2.29. The molecule has 1 fully saturated rings. The van der Waals surface area contributed by atoms with Crippen LogP contribution in [0.5, 0.6) is 0 Å². The predicted octanol–water partition coefficient (Wildman–Crippen LogP) is 2.48. The van der Waals surface area contributed by atoms with E-state index in [0.717, 1.165) is 31.2 Å². The molecule has 2 rings (SSSR count). The lowest BCUT2D eigenvalue weighted by atomic mass is 9.75. The first-order chi connectivity index (χ1) is 8.01. The van der Waals surface area contributed by atoms with Gasteiger partial charge in [0.15, 0.2) is 0 Å². The molecule has 1 saturated carbocycles. The lowest BCUT2D eigenvalue weighted by Gasteiger charge is -2.39. The van der Waals surface area contributed by atoms with Crippen molar-refractivity contribution in [3.63, 3.8) is 0 Å². The van der Waals surface area contributed by atoms with E-state index in [0.29, 0.717) is 6.04 Å². The van der Waals surface area contributed by atoms with Gasteiger partial charge in [0.05, 0.1) is 0 Å². The van der Waals surface area contributed by atoms with Gasteiger partial charge in [0.1, 0.15) is 5.82 Å². The Labute approximate surface area is 103 Å². The first kappa shape index (κ1) is 12.5. The van der Waals surface area contributed by atoms with E-state index in [-0.39, 0.29) is 11.4 Å². The molecule has 0 aliphatic heterocycles. The fourth-order valence-electron chi connectivity index (χ4n) is 2.72. The molecule has 0 radical (unpaired) electrons. The monoisotopic (exact) mass is 236 g/mol. The minimum absolute atomic E-state index is 0.193. The molecule has 2 N–H and O–H groups in total. The Morgan fingerprint density at radius 2 is 1.94 bits per heavy atom. The molecule has 0 atom stereocenters. The fraction of sp³-hybridized carbons (Fsp3) is 0.571. The molecule has 1 aromatic rings. The summed E-state index contributed by atoms with van der Waals surface area (Å²) in [5, 5.41) is 0. The van der Waals surface area contributed by atoms with E-state index in [9.17, 15) is 4.39 Å². The molecule has 17 heavy (non-hydrogen) atoms. The smallest absolute Gasteiger partial charge is 0.123 e. The Morgan fingerprint density at radius 1 is 1.29 bits per heavy atom. The van der Waals surface area contributed by atoms with Crippen molar-refractivity contribution in [1.82, 2.24) is 4.90 Å². The van der Waals surface area contributed by atoms with Crippen LogP contribution < -0.4 is 5.73 Å². The Bertz CT molecular complexity index is 382. The summed E-state index contributed by atoms with van der Waals surface area (Å²) < 4.78 is 13.2. The van der Waals surface area contributed by atoms with E-state index in [1.54, 1.807) is 12.1 Å². The molecular formula is C14H21FN2. The van der Waals surface area contributed by atoms with Crippen LogP contribution in [0.1, 0.15) is 31.2 Å². The van der Waals surface area contributed by atoms with E-state index >= 15 is 0 Å². The zero-order valence-electron chi connectivity index (χ0n) is 10.6. The lowest BCUT2D eigenvalue weighted by Crippen LogP contribution is -2.44. The van der Waals surface area contributed by atoms with Gasteiger partial charge < -0.3 is 10.6 Å². The maximum atomic E-state index is 13.2. The standard InChI is InChI=1S/C14H21FN2/c1-17(2)13-6-8-14(16,9-7-13)11-4-3-5-12(15)10-11/h3-5,10,13H,6-9,16H2,1-2H3. The normalized spacial score (nSPS) is 29.6. The van der Waals surface area contributed by atoms with E-state index < -0.39 is 0 Å². The third kappa shape index (κ3) is 2.67. The van der Waals surface area contributed by atoms with Crippen LogP contribution in [0, 0.1) is 5.82 Å². The van der Waals surface area contributed by atoms with E-state index in [4.69, 9.17) is 5.73 Å². The highest BCUT2D eigenvalue weighted by molar-refractivity contribution is 5.25. The van der Waals surface area contributed by atoms with Crippen LogP contribution in [-0.2, 0) is 5.54 Å². The SMILES string of the molecule is CN(C)C1CCC(N)(c2cccc(F)c2)CC1. The zero-order valence-corrected chi connectivity index (χ0v) is 10.6. The first-order valence-electron chi connectivity index (χ1n) is 6.23. The number of hydrogen-bond acceptors (Lipinski definition) is 2. The van der Waals surface area contributed by atoms with Gasteiger partial charge >= 0.3 is 0 Å². The van der Waals surface area contributed by atoms with Crippen molar-refractivity contribution in [3.8, 4) is 0 Å². The molecule has 2 nitrogen and oxygen atoms in total. The van der Waals surface area contributed by atoms with Crippen LogP contribution in [0.25, 0.3) is 0 Å². The summed E-state index contributed by atoms with van der Waals surface area (Å²) >= 11 is 0. The minimum Gasteiger partial charge on any atom is -0.321 e. The number of hydrogen-bond donors (Lipinski definition) is 1. The molecule has 1 aliphatic carbocycles. The summed E-state index contributed by atoms with van der Waals surface area (Å²) in [4.78, 5) is 2.26. The molecule has 0 amide bonds. The molecule has 0 saturated heterocycles. The number of rotatable bonds is 2. The number of benzene rings is 1. The number of halogens is 1. The predicted molar refractivity (Wildman–Crippen MR) is 68.2 cm³/mol. The molecule has 0 aromatic heterocycles. The molecular weight excluding hydrogens is 215 g/mol. The molecule has 0 spiro atoms. The van der Waals surface area contributed by atoms with Gasteiger partial charge in [0, 0.05) is 11.6 Å². The Balaban J connectivity index is 2.12. The van der Waals surface area contributed by atoms with Gasteiger partial charge in [-0.25, -0.2) is 4.39 Å². The highest BCUT2D eigenvalue weighted by Gasteiger charge is 2.33. The van der Waals surface area contributed by atoms with Gasteiger partial charge in [-0.15, -0.1) is 0 Å². The van der Waals surface area contributed by atoms with Crippen molar-refractivity contribution in [2.75, 3.05) is 14.1 Å². The molecule has 0 bridgehead atoms. The molecule has 0 unspecified atom stereocenters. The van der Waals surface area contributed by atoms with Crippen LogP contribution in [0.15, 0.2) is 24.3 Å². The Morgan fingerprint density at radius 3 is 2.47 bits per heavy atom. The van der Waals surface area contributed by atoms with Crippen molar-refractivity contribution in [3.05, 3.63) is 35.6 Å². The lowest BCUT2D eigenvalue weighted by molar-refractivity contribution is 0.173. The Hall–Kier alpha value is -0.930. The van der Waals surface area contributed by atoms with Crippen LogP contribution in [-0.4, -0.2) is 25.0 Å². The highest BCUT2D eigenvalue weighted by Crippen LogP contribution is 2.36.